The zero-order chi connectivity index (χ0) is 19.4. The summed E-state index contributed by atoms with van der Waals surface area (Å²) in [6, 6.07) is 10.9. The Morgan fingerprint density at radius 3 is 2.26 bits per heavy atom. The molecule has 142 valence electrons. The maximum Gasteiger partial charge on any atom is 0.252 e. The van der Waals surface area contributed by atoms with Crippen LogP contribution >= 0.6 is 0 Å². The van der Waals surface area contributed by atoms with E-state index < -0.39 is 23.6 Å². The summed E-state index contributed by atoms with van der Waals surface area (Å²) < 4.78 is 26.6. The molecule has 2 aromatic carbocycles. The Balaban J connectivity index is 1.83. The summed E-state index contributed by atoms with van der Waals surface area (Å²) in [5.41, 5.74) is 0.596. The topological polar surface area (TPSA) is 52.6 Å². The molecule has 0 spiro atoms. The van der Waals surface area contributed by atoms with Crippen molar-refractivity contribution in [2.75, 3.05) is 33.2 Å². The molecule has 7 heteroatoms. The predicted molar refractivity (Wildman–Crippen MR) is 97.1 cm³/mol. The molecule has 1 N–H and O–H groups in total. The van der Waals surface area contributed by atoms with E-state index in [2.05, 4.69) is 10.2 Å². The van der Waals surface area contributed by atoms with Crippen LogP contribution in [-0.2, 0) is 4.79 Å². The molecular weight excluding hydrogens is 352 g/mol. The fourth-order valence-corrected chi connectivity index (χ4v) is 2.99. The fourth-order valence-electron chi connectivity index (χ4n) is 2.99. The van der Waals surface area contributed by atoms with Gasteiger partial charge >= 0.3 is 0 Å². The summed E-state index contributed by atoms with van der Waals surface area (Å²) >= 11 is 0. The third-order valence-electron chi connectivity index (χ3n) is 4.65. The number of nitrogens with one attached hydrogen (secondary N) is 1. The van der Waals surface area contributed by atoms with Crippen LogP contribution in [0.1, 0.15) is 22.0 Å². The molecule has 1 atom stereocenters. The lowest BCUT2D eigenvalue weighted by atomic mass is 10.0. The molecule has 0 aliphatic carbocycles. The molecule has 5 nitrogen and oxygen atoms in total. The molecule has 0 radical (unpaired) electrons. The molecule has 0 aromatic heterocycles. The van der Waals surface area contributed by atoms with E-state index in [-0.39, 0.29) is 11.5 Å². The first-order chi connectivity index (χ1) is 13.0. The molecule has 0 saturated carbocycles. The second-order valence-electron chi connectivity index (χ2n) is 6.57. The van der Waals surface area contributed by atoms with E-state index in [1.54, 1.807) is 29.2 Å². The van der Waals surface area contributed by atoms with E-state index in [0.29, 0.717) is 18.7 Å². The van der Waals surface area contributed by atoms with Gasteiger partial charge in [0.2, 0.25) is 5.91 Å². The van der Waals surface area contributed by atoms with Crippen LogP contribution in [0.15, 0.2) is 48.5 Å². The van der Waals surface area contributed by atoms with Crippen LogP contribution in [0.5, 0.6) is 0 Å². The highest BCUT2D eigenvalue weighted by atomic mass is 19.2. The van der Waals surface area contributed by atoms with E-state index in [9.17, 15) is 18.4 Å². The van der Waals surface area contributed by atoms with Gasteiger partial charge < -0.3 is 15.1 Å². The van der Waals surface area contributed by atoms with Gasteiger partial charge in [0.05, 0.1) is 0 Å². The number of carbonyl (C=O) groups is 2. The van der Waals surface area contributed by atoms with Gasteiger partial charge in [0.1, 0.15) is 6.04 Å². The molecule has 1 heterocycles. The van der Waals surface area contributed by atoms with E-state index >= 15 is 0 Å². The lowest BCUT2D eigenvalue weighted by Gasteiger charge is -2.35. The van der Waals surface area contributed by atoms with Crippen LogP contribution in [0.25, 0.3) is 0 Å². The van der Waals surface area contributed by atoms with Crippen molar-refractivity contribution in [3.63, 3.8) is 0 Å². The first-order valence-electron chi connectivity index (χ1n) is 8.74. The Bertz CT molecular complexity index is 821. The van der Waals surface area contributed by atoms with Gasteiger partial charge in [-0.1, -0.05) is 30.3 Å². The van der Waals surface area contributed by atoms with Crippen LogP contribution in [0.3, 0.4) is 0 Å². The number of halogens is 2. The van der Waals surface area contributed by atoms with Crippen molar-refractivity contribution in [3.05, 3.63) is 71.3 Å². The number of likely N-dealkylation sites (N-methyl/N-ethyl adjacent to an activating group) is 1. The maximum absolute atomic E-state index is 13.5. The quantitative estimate of drug-likeness (QED) is 0.894. The highest BCUT2D eigenvalue weighted by Crippen LogP contribution is 2.18. The van der Waals surface area contributed by atoms with Crippen molar-refractivity contribution < 1.29 is 18.4 Å². The lowest BCUT2D eigenvalue weighted by Crippen LogP contribution is -2.51. The number of piperazine rings is 1. The highest BCUT2D eigenvalue weighted by molar-refractivity contribution is 5.97. The zero-order valence-electron chi connectivity index (χ0n) is 15.0. The molecule has 0 unspecified atom stereocenters. The van der Waals surface area contributed by atoms with Crippen LogP contribution in [-0.4, -0.2) is 54.8 Å². The number of benzene rings is 2. The summed E-state index contributed by atoms with van der Waals surface area (Å²) in [4.78, 5) is 29.4. The van der Waals surface area contributed by atoms with Gasteiger partial charge in [-0.2, -0.15) is 0 Å². The monoisotopic (exact) mass is 373 g/mol. The zero-order valence-corrected chi connectivity index (χ0v) is 15.0. The van der Waals surface area contributed by atoms with Gasteiger partial charge in [-0.05, 0) is 30.8 Å². The molecular formula is C20H21F2N3O2. The summed E-state index contributed by atoms with van der Waals surface area (Å²) in [6.07, 6.45) is 0. The molecule has 0 bridgehead atoms. The molecule has 3 rings (SSSR count). The van der Waals surface area contributed by atoms with Gasteiger partial charge in [0.15, 0.2) is 11.6 Å². The smallest absolute Gasteiger partial charge is 0.252 e. The number of hydrogen-bond acceptors (Lipinski definition) is 3. The molecule has 2 amide bonds. The second-order valence-corrected chi connectivity index (χ2v) is 6.57. The van der Waals surface area contributed by atoms with Crippen molar-refractivity contribution in [1.82, 2.24) is 15.1 Å². The third-order valence-corrected chi connectivity index (χ3v) is 4.65. The SMILES string of the molecule is CN1CCN(C(=O)[C@@H](NC(=O)c2ccc(F)c(F)c2)c2ccccc2)CC1. The van der Waals surface area contributed by atoms with Gasteiger partial charge in [0.25, 0.3) is 5.91 Å². The minimum absolute atomic E-state index is 0.0407. The van der Waals surface area contributed by atoms with Crippen LogP contribution in [0.4, 0.5) is 8.78 Å². The van der Waals surface area contributed by atoms with Gasteiger partial charge in [-0.15, -0.1) is 0 Å². The van der Waals surface area contributed by atoms with E-state index in [1.165, 1.54) is 6.07 Å². The van der Waals surface area contributed by atoms with Crippen molar-refractivity contribution in [2.24, 2.45) is 0 Å². The van der Waals surface area contributed by atoms with Crippen molar-refractivity contribution in [1.29, 1.82) is 0 Å². The van der Waals surface area contributed by atoms with Crippen molar-refractivity contribution in [2.45, 2.75) is 6.04 Å². The number of nitrogens with zero attached hydrogens (tertiary/aromatic N) is 2. The van der Waals surface area contributed by atoms with Crippen LogP contribution in [0.2, 0.25) is 0 Å². The normalized spacial score (nSPS) is 16.0. The fraction of sp³-hybridized carbons (Fsp3) is 0.300. The Hall–Kier alpha value is -2.80. The Kier molecular flexibility index (Phi) is 5.81. The van der Waals surface area contributed by atoms with Gasteiger partial charge in [0, 0.05) is 31.7 Å². The van der Waals surface area contributed by atoms with Crippen LogP contribution < -0.4 is 5.32 Å². The molecule has 1 aliphatic rings. The number of carbonyl (C=O) groups excluding carboxylic acids is 2. The van der Waals surface area contributed by atoms with Gasteiger partial charge in [-0.3, -0.25) is 9.59 Å². The van der Waals surface area contributed by atoms with E-state index in [0.717, 1.165) is 25.2 Å². The van der Waals surface area contributed by atoms with Crippen LogP contribution in [0, 0.1) is 11.6 Å². The minimum atomic E-state index is -1.11. The van der Waals surface area contributed by atoms with E-state index in [1.807, 2.05) is 13.1 Å². The summed E-state index contributed by atoms with van der Waals surface area (Å²) in [6.45, 7) is 2.65. The number of amides is 2. The second kappa shape index (κ2) is 8.26. The van der Waals surface area contributed by atoms with Gasteiger partial charge in [-0.25, -0.2) is 8.78 Å². The predicted octanol–water partition coefficient (Wildman–Crippen LogP) is 2.21. The average Bonchev–Trinajstić information content (AvgIpc) is 2.69. The molecule has 1 fully saturated rings. The first-order valence-corrected chi connectivity index (χ1v) is 8.74. The number of rotatable bonds is 4. The third kappa shape index (κ3) is 4.49. The standard InChI is InChI=1S/C20H21F2N3O2/c1-24-9-11-25(12-10-24)20(27)18(14-5-3-2-4-6-14)23-19(26)15-7-8-16(21)17(22)13-15/h2-8,13,18H,9-12H2,1H3,(H,23,26)/t18-/m0/s1. The van der Waals surface area contributed by atoms with Crippen molar-refractivity contribution in [3.8, 4) is 0 Å². The Morgan fingerprint density at radius 2 is 1.63 bits per heavy atom. The summed E-state index contributed by atoms with van der Waals surface area (Å²) in [5, 5.41) is 2.67. The first kappa shape index (κ1) is 19.0. The largest absolute Gasteiger partial charge is 0.338 e. The highest BCUT2D eigenvalue weighted by Gasteiger charge is 2.29. The summed E-state index contributed by atoms with van der Waals surface area (Å²) in [7, 11) is 1.99. The summed E-state index contributed by atoms with van der Waals surface area (Å²) in [5.74, 6) is -2.99. The average molecular weight is 373 g/mol. The van der Waals surface area contributed by atoms with Crippen molar-refractivity contribution >= 4 is 11.8 Å². The van der Waals surface area contributed by atoms with E-state index in [4.69, 9.17) is 0 Å². The maximum atomic E-state index is 13.5. The lowest BCUT2D eigenvalue weighted by molar-refractivity contribution is -0.135. The minimum Gasteiger partial charge on any atom is -0.338 e. The molecule has 1 aliphatic heterocycles. The molecule has 27 heavy (non-hydrogen) atoms. The molecule has 1 saturated heterocycles. The molecule has 2 aromatic rings. The Morgan fingerprint density at radius 1 is 0.963 bits per heavy atom. The Labute approximate surface area is 156 Å². The number of hydrogen-bond donors (Lipinski definition) is 1.